The molecule has 0 unspecified atom stereocenters. The summed E-state index contributed by atoms with van der Waals surface area (Å²) in [4.78, 5) is 21.2. The molecule has 0 bridgehead atoms. The van der Waals surface area contributed by atoms with E-state index in [1.807, 2.05) is 13.8 Å². The zero-order valence-electron chi connectivity index (χ0n) is 14.0. The van der Waals surface area contributed by atoms with E-state index < -0.39 is 0 Å². The van der Waals surface area contributed by atoms with Crippen LogP contribution < -0.4 is 10.6 Å². The minimum Gasteiger partial charge on any atom is -0.367 e. The van der Waals surface area contributed by atoms with E-state index in [0.717, 1.165) is 35.5 Å². The van der Waals surface area contributed by atoms with E-state index in [1.54, 1.807) is 13.0 Å². The summed E-state index contributed by atoms with van der Waals surface area (Å²) in [6.07, 6.45) is 2.32. The molecule has 23 heavy (non-hydrogen) atoms. The fraction of sp³-hybridized carbons (Fsp3) is 0.389. The summed E-state index contributed by atoms with van der Waals surface area (Å²) >= 11 is 0. The fourth-order valence-corrected chi connectivity index (χ4v) is 2.75. The van der Waals surface area contributed by atoms with Crippen LogP contribution in [0.1, 0.15) is 45.8 Å². The van der Waals surface area contributed by atoms with Gasteiger partial charge in [0.25, 0.3) is 5.91 Å². The van der Waals surface area contributed by atoms with Crippen LogP contribution in [-0.4, -0.2) is 21.9 Å². The van der Waals surface area contributed by atoms with Crippen molar-refractivity contribution in [1.29, 1.82) is 0 Å². The fourth-order valence-electron chi connectivity index (χ4n) is 2.75. The SMILES string of the molecule is Cc1cc(C)c(NC(=O)c2cc(NC3CC3)nc(C)n2)c(C)c1. The minimum atomic E-state index is -0.204. The molecule has 5 nitrogen and oxygen atoms in total. The average molecular weight is 310 g/mol. The van der Waals surface area contributed by atoms with Gasteiger partial charge in [-0.2, -0.15) is 0 Å². The Labute approximate surface area is 136 Å². The lowest BCUT2D eigenvalue weighted by Crippen LogP contribution is -2.17. The first kappa shape index (κ1) is 15.5. The number of hydrogen-bond donors (Lipinski definition) is 2. The molecule has 1 heterocycles. The van der Waals surface area contributed by atoms with E-state index in [9.17, 15) is 4.79 Å². The van der Waals surface area contributed by atoms with Gasteiger partial charge in [0.2, 0.25) is 0 Å². The molecule has 1 amide bonds. The van der Waals surface area contributed by atoms with Gasteiger partial charge >= 0.3 is 0 Å². The third kappa shape index (κ3) is 3.67. The standard InChI is InChI=1S/C18H22N4O/c1-10-7-11(2)17(12(3)8-10)22-18(23)15-9-16(20-13(4)19-15)21-14-5-6-14/h7-9,14H,5-6H2,1-4H3,(H,22,23)(H,19,20,21). The van der Waals surface area contributed by atoms with E-state index in [0.29, 0.717) is 17.6 Å². The first-order valence-corrected chi connectivity index (χ1v) is 7.94. The van der Waals surface area contributed by atoms with Crippen molar-refractivity contribution < 1.29 is 4.79 Å². The molecule has 0 aliphatic heterocycles. The van der Waals surface area contributed by atoms with E-state index in [4.69, 9.17) is 0 Å². The molecule has 1 saturated carbocycles. The maximum Gasteiger partial charge on any atom is 0.274 e. The molecule has 0 spiro atoms. The van der Waals surface area contributed by atoms with Crippen LogP contribution in [0.5, 0.6) is 0 Å². The van der Waals surface area contributed by atoms with Crippen LogP contribution in [0.25, 0.3) is 0 Å². The molecule has 0 saturated heterocycles. The monoisotopic (exact) mass is 310 g/mol. The second-order valence-corrected chi connectivity index (χ2v) is 6.33. The maximum absolute atomic E-state index is 12.6. The zero-order valence-corrected chi connectivity index (χ0v) is 14.0. The normalized spacial score (nSPS) is 13.7. The van der Waals surface area contributed by atoms with Crippen molar-refractivity contribution in [3.63, 3.8) is 0 Å². The van der Waals surface area contributed by atoms with Crippen LogP contribution in [0, 0.1) is 27.7 Å². The zero-order chi connectivity index (χ0) is 16.6. The number of carbonyl (C=O) groups is 1. The third-order valence-electron chi connectivity index (χ3n) is 3.92. The molecule has 1 aromatic carbocycles. The minimum absolute atomic E-state index is 0.204. The van der Waals surface area contributed by atoms with Crippen molar-refractivity contribution in [2.24, 2.45) is 0 Å². The van der Waals surface area contributed by atoms with Crippen molar-refractivity contribution in [3.8, 4) is 0 Å². The van der Waals surface area contributed by atoms with Gasteiger partial charge in [0, 0.05) is 17.8 Å². The second-order valence-electron chi connectivity index (χ2n) is 6.33. The first-order chi connectivity index (χ1) is 10.9. The molecule has 5 heteroatoms. The van der Waals surface area contributed by atoms with Gasteiger partial charge in [-0.15, -0.1) is 0 Å². The highest BCUT2D eigenvalue weighted by Crippen LogP contribution is 2.25. The predicted molar refractivity (Wildman–Crippen MR) is 92.0 cm³/mol. The van der Waals surface area contributed by atoms with E-state index >= 15 is 0 Å². The summed E-state index contributed by atoms with van der Waals surface area (Å²) < 4.78 is 0. The number of amides is 1. The van der Waals surface area contributed by atoms with Gasteiger partial charge in [0.1, 0.15) is 17.3 Å². The maximum atomic E-state index is 12.6. The summed E-state index contributed by atoms with van der Waals surface area (Å²) in [6.45, 7) is 7.86. The number of carbonyl (C=O) groups excluding carboxylic acids is 1. The highest BCUT2D eigenvalue weighted by Gasteiger charge is 2.22. The van der Waals surface area contributed by atoms with Gasteiger partial charge in [-0.05, 0) is 51.7 Å². The second kappa shape index (κ2) is 5.99. The Kier molecular flexibility index (Phi) is 4.03. The lowest BCUT2D eigenvalue weighted by molar-refractivity contribution is 0.102. The van der Waals surface area contributed by atoms with Crippen LogP contribution >= 0.6 is 0 Å². The van der Waals surface area contributed by atoms with E-state index in [-0.39, 0.29) is 5.91 Å². The van der Waals surface area contributed by atoms with Crippen LogP contribution in [0.2, 0.25) is 0 Å². The van der Waals surface area contributed by atoms with Gasteiger partial charge in [-0.1, -0.05) is 17.7 Å². The Morgan fingerprint density at radius 3 is 2.30 bits per heavy atom. The number of benzene rings is 1. The predicted octanol–water partition coefficient (Wildman–Crippen LogP) is 3.54. The molecule has 2 N–H and O–H groups in total. The summed E-state index contributed by atoms with van der Waals surface area (Å²) in [5.41, 5.74) is 4.54. The number of aromatic nitrogens is 2. The molecular formula is C18H22N4O. The van der Waals surface area contributed by atoms with E-state index in [2.05, 4.69) is 39.7 Å². The molecule has 1 aromatic heterocycles. The van der Waals surface area contributed by atoms with Crippen LogP contribution in [0.4, 0.5) is 11.5 Å². The van der Waals surface area contributed by atoms with Crippen molar-refractivity contribution >= 4 is 17.4 Å². The van der Waals surface area contributed by atoms with Gasteiger partial charge in [-0.3, -0.25) is 4.79 Å². The van der Waals surface area contributed by atoms with Crippen LogP contribution in [0.15, 0.2) is 18.2 Å². The van der Waals surface area contributed by atoms with Crippen molar-refractivity contribution in [2.75, 3.05) is 10.6 Å². The molecule has 0 radical (unpaired) electrons. The van der Waals surface area contributed by atoms with Crippen molar-refractivity contribution in [3.05, 3.63) is 46.4 Å². The van der Waals surface area contributed by atoms with Gasteiger partial charge in [0.15, 0.2) is 0 Å². The molecule has 0 atom stereocenters. The average Bonchev–Trinajstić information content (AvgIpc) is 3.25. The molecule has 120 valence electrons. The molecule has 1 aliphatic rings. The van der Waals surface area contributed by atoms with E-state index in [1.165, 1.54) is 5.56 Å². The third-order valence-corrected chi connectivity index (χ3v) is 3.92. The molecule has 1 fully saturated rings. The smallest absolute Gasteiger partial charge is 0.274 e. The van der Waals surface area contributed by atoms with Crippen molar-refractivity contribution in [2.45, 2.75) is 46.6 Å². The van der Waals surface area contributed by atoms with Crippen LogP contribution in [-0.2, 0) is 0 Å². The number of nitrogens with one attached hydrogen (secondary N) is 2. The lowest BCUT2D eigenvalue weighted by atomic mass is 10.0. The van der Waals surface area contributed by atoms with Gasteiger partial charge in [0.05, 0.1) is 0 Å². The number of nitrogens with zero attached hydrogens (tertiary/aromatic N) is 2. The molecule has 2 aromatic rings. The number of hydrogen-bond acceptors (Lipinski definition) is 4. The summed E-state index contributed by atoms with van der Waals surface area (Å²) in [6, 6.07) is 6.34. The Morgan fingerprint density at radius 2 is 1.70 bits per heavy atom. The topological polar surface area (TPSA) is 66.9 Å². The summed E-state index contributed by atoms with van der Waals surface area (Å²) in [5, 5.41) is 6.30. The van der Waals surface area contributed by atoms with Gasteiger partial charge < -0.3 is 10.6 Å². The molecule has 3 rings (SSSR count). The largest absolute Gasteiger partial charge is 0.367 e. The lowest BCUT2D eigenvalue weighted by Gasteiger charge is -2.13. The molecular weight excluding hydrogens is 288 g/mol. The number of anilines is 2. The highest BCUT2D eigenvalue weighted by atomic mass is 16.1. The van der Waals surface area contributed by atoms with Crippen molar-refractivity contribution in [1.82, 2.24) is 9.97 Å². The highest BCUT2D eigenvalue weighted by molar-refractivity contribution is 6.04. The molecule has 1 aliphatic carbocycles. The number of rotatable bonds is 4. The van der Waals surface area contributed by atoms with Gasteiger partial charge in [-0.25, -0.2) is 9.97 Å². The summed E-state index contributed by atoms with van der Waals surface area (Å²) in [5.74, 6) is 1.12. The quantitative estimate of drug-likeness (QED) is 0.906. The number of aryl methyl sites for hydroxylation is 4. The summed E-state index contributed by atoms with van der Waals surface area (Å²) in [7, 11) is 0. The Balaban J connectivity index is 1.84. The Hall–Kier alpha value is -2.43. The van der Waals surface area contributed by atoms with Crippen LogP contribution in [0.3, 0.4) is 0 Å². The first-order valence-electron chi connectivity index (χ1n) is 7.94. The Bertz CT molecular complexity index is 743. The Morgan fingerprint density at radius 1 is 1.04 bits per heavy atom.